The van der Waals surface area contributed by atoms with Crippen LogP contribution in [0.15, 0.2) is 166 Å². The zero-order valence-electron chi connectivity index (χ0n) is 24.7. The molecular weight excluding hydrogens is 564 g/mol. The van der Waals surface area contributed by atoms with E-state index in [1.807, 2.05) is 24.3 Å². The molecule has 46 heavy (non-hydrogen) atoms. The Balaban J connectivity index is 1.11. The lowest BCUT2D eigenvalue weighted by Crippen LogP contribution is -2.23. The Morgan fingerprint density at radius 2 is 0.804 bits per heavy atom. The smallest absolute Gasteiger partial charge is 0.135 e. The van der Waals surface area contributed by atoms with Crippen LogP contribution in [0.2, 0.25) is 0 Å². The van der Waals surface area contributed by atoms with Gasteiger partial charge in [0.1, 0.15) is 22.3 Å². The summed E-state index contributed by atoms with van der Waals surface area (Å²) in [6.07, 6.45) is 4.69. The molecule has 6 aromatic carbocycles. The number of benzene rings is 6. The van der Waals surface area contributed by atoms with Crippen molar-refractivity contribution in [2.24, 2.45) is 0 Å². The second-order valence-electron chi connectivity index (χ2n) is 12.5. The summed E-state index contributed by atoms with van der Waals surface area (Å²) in [4.78, 5) is 4.92. The van der Waals surface area contributed by atoms with Crippen molar-refractivity contribution >= 4 is 66.6 Å². The zero-order valence-corrected chi connectivity index (χ0v) is 24.7. The number of hydrogen-bond donors (Lipinski definition) is 0. The average molecular weight is 591 g/mol. The van der Waals surface area contributed by atoms with E-state index in [9.17, 15) is 0 Å². The quantitative estimate of drug-likeness (QED) is 0.200. The number of para-hydroxylation sites is 4. The first-order valence-electron chi connectivity index (χ1n) is 15.8. The molecule has 0 fully saturated rings. The van der Waals surface area contributed by atoms with Crippen LogP contribution < -0.4 is 9.80 Å². The predicted molar refractivity (Wildman–Crippen MR) is 186 cm³/mol. The summed E-state index contributed by atoms with van der Waals surface area (Å²) in [6, 6.07) is 47.7. The van der Waals surface area contributed by atoms with Crippen molar-refractivity contribution in [2.45, 2.75) is 11.8 Å². The first-order valence-corrected chi connectivity index (χ1v) is 15.8. The fourth-order valence-electron chi connectivity index (χ4n) is 8.29. The molecular formula is C42H26N2O2. The van der Waals surface area contributed by atoms with Crippen LogP contribution >= 0.6 is 0 Å². The molecule has 4 heteroatoms. The molecule has 11 rings (SSSR count). The normalized spacial score (nSPS) is 18.2. The molecule has 2 unspecified atom stereocenters. The molecule has 0 saturated heterocycles. The highest BCUT2D eigenvalue weighted by molar-refractivity contribution is 6.07. The van der Waals surface area contributed by atoms with Crippen LogP contribution in [0, 0.1) is 0 Å². The van der Waals surface area contributed by atoms with Gasteiger partial charge in [-0.25, -0.2) is 0 Å². The Kier molecular flexibility index (Phi) is 4.66. The van der Waals surface area contributed by atoms with Gasteiger partial charge in [0.15, 0.2) is 0 Å². The second kappa shape index (κ2) is 8.80. The molecule has 0 N–H and O–H groups in total. The minimum absolute atomic E-state index is 0.178. The summed E-state index contributed by atoms with van der Waals surface area (Å²) in [5, 5.41) is 4.57. The second-order valence-corrected chi connectivity index (χ2v) is 12.5. The van der Waals surface area contributed by atoms with E-state index in [1.165, 1.54) is 33.9 Å². The fourth-order valence-corrected chi connectivity index (χ4v) is 8.29. The van der Waals surface area contributed by atoms with Gasteiger partial charge in [0, 0.05) is 67.5 Å². The molecule has 216 valence electrons. The molecule has 2 atom stereocenters. The summed E-state index contributed by atoms with van der Waals surface area (Å²) >= 11 is 0. The van der Waals surface area contributed by atoms with Crippen molar-refractivity contribution in [1.82, 2.24) is 0 Å². The summed E-state index contributed by atoms with van der Waals surface area (Å²) in [7, 11) is 0. The average Bonchev–Trinajstić information content (AvgIpc) is 3.85. The zero-order chi connectivity index (χ0) is 29.9. The number of furan rings is 2. The maximum absolute atomic E-state index is 6.19. The van der Waals surface area contributed by atoms with Gasteiger partial charge in [0.05, 0.1) is 0 Å². The number of fused-ring (bicyclic) bond motifs is 13. The van der Waals surface area contributed by atoms with Crippen LogP contribution in [0.1, 0.15) is 23.0 Å². The van der Waals surface area contributed by atoms with E-state index in [2.05, 4.69) is 131 Å². The number of anilines is 4. The van der Waals surface area contributed by atoms with Crippen molar-refractivity contribution in [3.05, 3.63) is 168 Å². The van der Waals surface area contributed by atoms with Crippen molar-refractivity contribution in [3.8, 4) is 0 Å². The topological polar surface area (TPSA) is 32.8 Å². The Morgan fingerprint density at radius 1 is 0.391 bits per heavy atom. The third-order valence-corrected chi connectivity index (χ3v) is 10.2. The standard InChI is InChI=1S/C42H26N2O2/c1-5-13-33-29(11-1)41-35(43(33)25-17-21-39-31(23-25)27-9-3-7-15-37(27)45-39)19-20-36-42(41)30-12-2-6-14-34(30)44(36)26-18-22-40-32(24-26)28-10-4-8-16-38(28)46-40/h1-24,41-42H. The molecule has 4 heterocycles. The third kappa shape index (κ3) is 3.13. The van der Waals surface area contributed by atoms with Crippen LogP contribution in [0.5, 0.6) is 0 Å². The minimum Gasteiger partial charge on any atom is -0.456 e. The molecule has 3 aliphatic rings. The summed E-state index contributed by atoms with van der Waals surface area (Å²) in [5.74, 6) is 0.357. The Hall–Kier alpha value is -6.00. The molecule has 8 aromatic rings. The van der Waals surface area contributed by atoms with E-state index >= 15 is 0 Å². The molecule has 4 nitrogen and oxygen atoms in total. The molecule has 2 aliphatic heterocycles. The van der Waals surface area contributed by atoms with Gasteiger partial charge >= 0.3 is 0 Å². The van der Waals surface area contributed by atoms with E-state index in [0.29, 0.717) is 0 Å². The van der Waals surface area contributed by atoms with Crippen LogP contribution in [0.4, 0.5) is 22.7 Å². The van der Waals surface area contributed by atoms with Gasteiger partial charge in [-0.05, 0) is 83.9 Å². The molecule has 0 amide bonds. The van der Waals surface area contributed by atoms with Gasteiger partial charge in [0.25, 0.3) is 0 Å². The monoisotopic (exact) mass is 590 g/mol. The molecule has 0 bridgehead atoms. The first-order chi connectivity index (χ1) is 22.8. The SMILES string of the molecule is C1=C2C(c3ccccc3N2c2ccc3oc4ccccc4c3c2)C2C(=C1)N(c1ccc3oc4ccccc4c3c1)c1ccccc12. The number of allylic oxidation sites excluding steroid dienone is 4. The summed E-state index contributed by atoms with van der Waals surface area (Å²) in [5.41, 5.74) is 13.8. The van der Waals surface area contributed by atoms with E-state index in [1.54, 1.807) is 0 Å². The maximum Gasteiger partial charge on any atom is 0.135 e. The van der Waals surface area contributed by atoms with Crippen molar-refractivity contribution in [1.29, 1.82) is 0 Å². The van der Waals surface area contributed by atoms with Gasteiger partial charge in [0.2, 0.25) is 0 Å². The molecule has 2 aromatic heterocycles. The fraction of sp³-hybridized carbons (Fsp3) is 0.0476. The van der Waals surface area contributed by atoms with Crippen LogP contribution in [0.3, 0.4) is 0 Å². The molecule has 0 radical (unpaired) electrons. The summed E-state index contributed by atoms with van der Waals surface area (Å²) in [6.45, 7) is 0. The third-order valence-electron chi connectivity index (χ3n) is 10.2. The Morgan fingerprint density at radius 3 is 1.30 bits per heavy atom. The highest BCUT2D eigenvalue weighted by Gasteiger charge is 2.48. The Bertz CT molecular complexity index is 2450. The molecule has 0 spiro atoms. The highest BCUT2D eigenvalue weighted by atomic mass is 16.3. The lowest BCUT2D eigenvalue weighted by atomic mass is 9.78. The largest absolute Gasteiger partial charge is 0.456 e. The van der Waals surface area contributed by atoms with Crippen LogP contribution in [-0.4, -0.2) is 0 Å². The van der Waals surface area contributed by atoms with Crippen LogP contribution in [-0.2, 0) is 0 Å². The van der Waals surface area contributed by atoms with Crippen molar-refractivity contribution < 1.29 is 8.83 Å². The number of hydrogen-bond acceptors (Lipinski definition) is 4. The van der Waals surface area contributed by atoms with Crippen molar-refractivity contribution in [2.75, 3.05) is 9.80 Å². The predicted octanol–water partition coefficient (Wildman–Crippen LogP) is 11.4. The van der Waals surface area contributed by atoms with E-state index < -0.39 is 0 Å². The first kappa shape index (κ1) is 24.3. The van der Waals surface area contributed by atoms with Gasteiger partial charge in [-0.15, -0.1) is 0 Å². The summed E-state index contributed by atoms with van der Waals surface area (Å²) < 4.78 is 12.4. The van der Waals surface area contributed by atoms with Gasteiger partial charge in [-0.1, -0.05) is 72.8 Å². The van der Waals surface area contributed by atoms with Gasteiger partial charge < -0.3 is 18.6 Å². The molecule has 0 saturated carbocycles. The lowest BCUT2D eigenvalue weighted by Gasteiger charge is -2.32. The van der Waals surface area contributed by atoms with E-state index in [-0.39, 0.29) is 11.8 Å². The maximum atomic E-state index is 6.19. The minimum atomic E-state index is 0.178. The Labute approximate surface area is 264 Å². The van der Waals surface area contributed by atoms with Crippen molar-refractivity contribution in [3.63, 3.8) is 0 Å². The van der Waals surface area contributed by atoms with Gasteiger partial charge in [-0.3, -0.25) is 0 Å². The lowest BCUT2D eigenvalue weighted by molar-refractivity contribution is 0.668. The van der Waals surface area contributed by atoms with Crippen LogP contribution in [0.25, 0.3) is 43.9 Å². The highest BCUT2D eigenvalue weighted by Crippen LogP contribution is 2.62. The molecule has 1 aliphatic carbocycles. The number of nitrogens with zero attached hydrogens (tertiary/aromatic N) is 2. The number of rotatable bonds is 2. The van der Waals surface area contributed by atoms with E-state index in [0.717, 1.165) is 55.3 Å². The van der Waals surface area contributed by atoms with Gasteiger partial charge in [-0.2, -0.15) is 0 Å². The van der Waals surface area contributed by atoms with E-state index in [4.69, 9.17) is 8.83 Å².